The Labute approximate surface area is 206 Å². The Morgan fingerprint density at radius 2 is 1.83 bits per heavy atom. The number of benzene rings is 2. The molecule has 0 radical (unpaired) electrons. The molecule has 1 atom stereocenters. The highest BCUT2D eigenvalue weighted by molar-refractivity contribution is 5.89. The van der Waals surface area contributed by atoms with Gasteiger partial charge in [-0.3, -0.25) is 0 Å². The Morgan fingerprint density at radius 3 is 2.50 bits per heavy atom. The summed E-state index contributed by atoms with van der Waals surface area (Å²) in [6.45, 7) is 4.73. The number of aldehydes is 1. The van der Waals surface area contributed by atoms with Crippen molar-refractivity contribution in [2.75, 3.05) is 36.5 Å². The van der Waals surface area contributed by atoms with E-state index in [9.17, 15) is 18.0 Å². The molecule has 3 aromatic rings. The van der Waals surface area contributed by atoms with Crippen LogP contribution in [-0.2, 0) is 15.7 Å². The van der Waals surface area contributed by atoms with Crippen molar-refractivity contribution in [1.82, 2.24) is 10.3 Å². The number of carbonyl (C=O) groups is 1. The lowest BCUT2D eigenvalue weighted by molar-refractivity contribution is -0.137. The van der Waals surface area contributed by atoms with Crippen molar-refractivity contribution in [1.29, 1.82) is 0 Å². The lowest BCUT2D eigenvalue weighted by Crippen LogP contribution is -2.36. The fourth-order valence-corrected chi connectivity index (χ4v) is 4.64. The van der Waals surface area contributed by atoms with Gasteiger partial charge in [0.05, 0.1) is 18.8 Å². The number of aromatic nitrogens is 1. The molecule has 186 valence electrons. The number of halogens is 3. The minimum atomic E-state index is -4.42. The van der Waals surface area contributed by atoms with Crippen LogP contribution in [0.5, 0.6) is 0 Å². The number of carbonyl (C=O) groups excluding carboxylic acids is 1. The van der Waals surface area contributed by atoms with Crippen LogP contribution in [0.2, 0.25) is 0 Å². The van der Waals surface area contributed by atoms with Crippen LogP contribution in [0.15, 0.2) is 60.9 Å². The van der Waals surface area contributed by atoms with Gasteiger partial charge in [0, 0.05) is 48.0 Å². The highest BCUT2D eigenvalue weighted by Crippen LogP contribution is 2.39. The fourth-order valence-electron chi connectivity index (χ4n) is 4.64. The number of nitrogens with zero attached hydrogens (tertiary/aromatic N) is 2. The molecule has 2 aliphatic rings. The molecule has 0 bridgehead atoms. The number of hydrogen-bond donors (Lipinski definition) is 2. The van der Waals surface area contributed by atoms with Gasteiger partial charge in [-0.05, 0) is 66.1 Å². The average molecular weight is 495 g/mol. The van der Waals surface area contributed by atoms with E-state index in [1.54, 1.807) is 25.4 Å². The second kappa shape index (κ2) is 9.66. The quantitative estimate of drug-likeness (QED) is 0.474. The first-order chi connectivity index (χ1) is 17.3. The Bertz CT molecular complexity index is 1300. The molecule has 1 saturated heterocycles. The van der Waals surface area contributed by atoms with Crippen LogP contribution in [0.1, 0.15) is 33.9 Å². The van der Waals surface area contributed by atoms with Crippen LogP contribution in [0, 0.1) is 6.92 Å². The summed E-state index contributed by atoms with van der Waals surface area (Å²) in [5, 5.41) is 6.39. The number of fused-ring (bicyclic) bond motifs is 1. The van der Waals surface area contributed by atoms with E-state index in [1.807, 2.05) is 24.3 Å². The van der Waals surface area contributed by atoms with Crippen molar-refractivity contribution in [3.05, 3.63) is 88.7 Å². The molecule has 6 nitrogen and oxygen atoms in total. The largest absolute Gasteiger partial charge is 0.416 e. The average Bonchev–Trinajstić information content (AvgIpc) is 2.89. The van der Waals surface area contributed by atoms with Crippen molar-refractivity contribution in [3.8, 4) is 0 Å². The van der Waals surface area contributed by atoms with Crippen LogP contribution in [0.4, 0.5) is 30.4 Å². The summed E-state index contributed by atoms with van der Waals surface area (Å²) in [6, 6.07) is 12.8. The van der Waals surface area contributed by atoms with Gasteiger partial charge in [-0.15, -0.1) is 0 Å². The molecule has 1 fully saturated rings. The van der Waals surface area contributed by atoms with Crippen molar-refractivity contribution >= 4 is 29.1 Å². The number of rotatable bonds is 5. The van der Waals surface area contributed by atoms with Crippen molar-refractivity contribution < 1.29 is 22.7 Å². The van der Waals surface area contributed by atoms with Crippen molar-refractivity contribution in [2.45, 2.75) is 19.1 Å². The van der Waals surface area contributed by atoms with E-state index >= 15 is 0 Å². The molecule has 0 amide bonds. The van der Waals surface area contributed by atoms with Crippen LogP contribution >= 0.6 is 0 Å². The molecular formula is C27H25F3N4O2. The van der Waals surface area contributed by atoms with Gasteiger partial charge in [-0.1, -0.05) is 6.07 Å². The van der Waals surface area contributed by atoms with E-state index in [-0.39, 0.29) is 0 Å². The highest BCUT2D eigenvalue weighted by Gasteiger charge is 2.32. The normalized spacial score (nSPS) is 17.6. The molecule has 0 aliphatic carbocycles. The Hall–Kier alpha value is -3.85. The second-order valence-corrected chi connectivity index (χ2v) is 8.76. The predicted molar refractivity (Wildman–Crippen MR) is 132 cm³/mol. The van der Waals surface area contributed by atoms with Gasteiger partial charge in [0.1, 0.15) is 18.1 Å². The minimum Gasteiger partial charge on any atom is -0.378 e. The Morgan fingerprint density at radius 1 is 1.08 bits per heavy atom. The SMILES string of the molecule is Cc1cc(C(F)(F)F)ccc1C1=CNC(C=O)c2c1ccnc2Nc1ccc(N2CCOCC2)cc1. The van der Waals surface area contributed by atoms with Crippen molar-refractivity contribution in [2.24, 2.45) is 0 Å². The van der Waals surface area contributed by atoms with E-state index in [1.165, 1.54) is 6.07 Å². The zero-order valence-electron chi connectivity index (χ0n) is 19.6. The van der Waals surface area contributed by atoms with Crippen molar-refractivity contribution in [3.63, 3.8) is 0 Å². The number of aryl methyl sites for hydroxylation is 1. The van der Waals surface area contributed by atoms with Gasteiger partial charge < -0.3 is 25.1 Å². The third-order valence-electron chi connectivity index (χ3n) is 6.48. The van der Waals surface area contributed by atoms with Gasteiger partial charge in [-0.2, -0.15) is 13.2 Å². The maximum atomic E-state index is 13.2. The monoisotopic (exact) mass is 494 g/mol. The first kappa shape index (κ1) is 23.9. The van der Waals surface area contributed by atoms with Crippen LogP contribution in [0.25, 0.3) is 5.57 Å². The van der Waals surface area contributed by atoms with Crippen LogP contribution in [0.3, 0.4) is 0 Å². The first-order valence-electron chi connectivity index (χ1n) is 11.6. The lowest BCUT2D eigenvalue weighted by Gasteiger charge is -2.29. The number of pyridine rings is 1. The summed E-state index contributed by atoms with van der Waals surface area (Å²) >= 11 is 0. The zero-order chi connectivity index (χ0) is 25.3. The minimum absolute atomic E-state index is 0.485. The summed E-state index contributed by atoms with van der Waals surface area (Å²) in [7, 11) is 0. The predicted octanol–water partition coefficient (Wildman–Crippen LogP) is 5.22. The van der Waals surface area contributed by atoms with E-state index in [0.717, 1.165) is 48.4 Å². The molecule has 2 aromatic carbocycles. The second-order valence-electron chi connectivity index (χ2n) is 8.76. The van der Waals surface area contributed by atoms with Gasteiger partial charge in [0.2, 0.25) is 0 Å². The van der Waals surface area contributed by atoms with E-state index in [4.69, 9.17) is 4.74 Å². The molecule has 5 rings (SSSR count). The molecule has 2 aliphatic heterocycles. The van der Waals surface area contributed by atoms with Gasteiger partial charge in [0.25, 0.3) is 0 Å². The standard InChI is InChI=1S/C27H25F3N4O2/c1-17-14-18(27(28,29)30)2-7-21(17)23-15-32-24(16-35)25-22(23)8-9-31-26(25)33-19-3-5-20(6-4-19)34-10-12-36-13-11-34/h2-9,14-16,24,32H,10-13H2,1H3,(H,31,33). The molecule has 9 heteroatoms. The maximum absolute atomic E-state index is 13.2. The fraction of sp³-hybridized carbons (Fsp3) is 0.259. The number of anilines is 3. The summed E-state index contributed by atoms with van der Waals surface area (Å²) in [4.78, 5) is 18.7. The summed E-state index contributed by atoms with van der Waals surface area (Å²) in [6.07, 6.45) is -0.316. The summed E-state index contributed by atoms with van der Waals surface area (Å²) < 4.78 is 44.9. The molecule has 1 unspecified atom stereocenters. The number of nitrogens with one attached hydrogen (secondary N) is 2. The van der Waals surface area contributed by atoms with Gasteiger partial charge >= 0.3 is 6.18 Å². The molecule has 1 aromatic heterocycles. The number of ether oxygens (including phenoxy) is 1. The Balaban J connectivity index is 1.47. The smallest absolute Gasteiger partial charge is 0.378 e. The lowest BCUT2D eigenvalue weighted by atomic mass is 9.87. The topological polar surface area (TPSA) is 66.5 Å². The highest BCUT2D eigenvalue weighted by atomic mass is 19.4. The third-order valence-corrected chi connectivity index (χ3v) is 6.48. The molecule has 3 heterocycles. The Kier molecular flexibility index (Phi) is 6.40. The number of alkyl halides is 3. The summed E-state index contributed by atoms with van der Waals surface area (Å²) in [5.74, 6) is 0.506. The maximum Gasteiger partial charge on any atom is 0.416 e. The third kappa shape index (κ3) is 4.66. The van der Waals surface area contributed by atoms with E-state index < -0.39 is 17.8 Å². The van der Waals surface area contributed by atoms with Gasteiger partial charge in [-0.25, -0.2) is 4.98 Å². The van der Waals surface area contributed by atoms with Gasteiger partial charge in [0.15, 0.2) is 0 Å². The van der Waals surface area contributed by atoms with E-state index in [0.29, 0.717) is 41.3 Å². The first-order valence-corrected chi connectivity index (χ1v) is 11.6. The molecule has 0 spiro atoms. The molecule has 0 saturated carbocycles. The molecular weight excluding hydrogens is 469 g/mol. The molecule has 2 N–H and O–H groups in total. The van der Waals surface area contributed by atoms with Crippen LogP contribution < -0.4 is 15.5 Å². The van der Waals surface area contributed by atoms with E-state index in [2.05, 4.69) is 20.5 Å². The van der Waals surface area contributed by atoms with Crippen LogP contribution in [-0.4, -0.2) is 37.6 Å². The number of hydrogen-bond acceptors (Lipinski definition) is 6. The number of morpholine rings is 1. The zero-order valence-corrected chi connectivity index (χ0v) is 19.6. The summed E-state index contributed by atoms with van der Waals surface area (Å²) in [5.41, 5.74) is 4.41. The molecule has 36 heavy (non-hydrogen) atoms.